The molecular formula is C13H25N3O3. The number of ether oxygens (including phenoxy) is 2. The SMILES string of the molecule is CC(NC(=O)C1CNCCO1)C(C)N1CCOCC1. The summed E-state index contributed by atoms with van der Waals surface area (Å²) in [6, 6.07) is 0.417. The van der Waals surface area contributed by atoms with Crippen molar-refractivity contribution >= 4 is 5.91 Å². The summed E-state index contributed by atoms with van der Waals surface area (Å²) in [5.74, 6) is -0.0141. The number of carbonyl (C=O) groups excluding carboxylic acids is 1. The van der Waals surface area contributed by atoms with Gasteiger partial charge in [0, 0.05) is 38.3 Å². The highest BCUT2D eigenvalue weighted by Crippen LogP contribution is 2.08. The largest absolute Gasteiger partial charge is 0.379 e. The van der Waals surface area contributed by atoms with Gasteiger partial charge in [0.05, 0.1) is 19.8 Å². The molecule has 2 rings (SSSR count). The van der Waals surface area contributed by atoms with Crippen LogP contribution in [0, 0.1) is 0 Å². The monoisotopic (exact) mass is 271 g/mol. The average molecular weight is 271 g/mol. The standard InChI is InChI=1S/C13H25N3O3/c1-10(11(2)16-4-7-18-8-5-16)15-13(17)12-9-14-3-6-19-12/h10-12,14H,3-9H2,1-2H3,(H,15,17). The number of hydrogen-bond donors (Lipinski definition) is 2. The number of morpholine rings is 2. The van der Waals surface area contributed by atoms with E-state index in [0.717, 1.165) is 32.8 Å². The van der Waals surface area contributed by atoms with Crippen LogP contribution < -0.4 is 10.6 Å². The van der Waals surface area contributed by atoms with Crippen LogP contribution in [0.5, 0.6) is 0 Å². The van der Waals surface area contributed by atoms with Gasteiger partial charge in [-0.2, -0.15) is 0 Å². The van der Waals surface area contributed by atoms with Crippen LogP contribution in [0.3, 0.4) is 0 Å². The van der Waals surface area contributed by atoms with Gasteiger partial charge in [-0.15, -0.1) is 0 Å². The Kier molecular flexibility index (Phi) is 5.57. The molecule has 0 aliphatic carbocycles. The van der Waals surface area contributed by atoms with Crippen LogP contribution in [0.1, 0.15) is 13.8 Å². The minimum atomic E-state index is -0.354. The van der Waals surface area contributed by atoms with Crippen LogP contribution >= 0.6 is 0 Å². The molecule has 0 aromatic carbocycles. The van der Waals surface area contributed by atoms with E-state index in [2.05, 4.69) is 22.5 Å². The lowest BCUT2D eigenvalue weighted by Crippen LogP contribution is -2.55. The lowest BCUT2D eigenvalue weighted by molar-refractivity contribution is -0.135. The Morgan fingerprint density at radius 1 is 1.32 bits per heavy atom. The maximum absolute atomic E-state index is 12.1. The second-order valence-corrected chi connectivity index (χ2v) is 5.25. The molecule has 19 heavy (non-hydrogen) atoms. The van der Waals surface area contributed by atoms with Crippen molar-refractivity contribution in [2.24, 2.45) is 0 Å². The minimum absolute atomic E-state index is 0.0141. The van der Waals surface area contributed by atoms with Crippen LogP contribution in [0.2, 0.25) is 0 Å². The molecule has 2 heterocycles. The number of carbonyl (C=O) groups is 1. The minimum Gasteiger partial charge on any atom is -0.379 e. The highest BCUT2D eigenvalue weighted by atomic mass is 16.5. The molecule has 1 amide bonds. The third kappa shape index (κ3) is 4.14. The van der Waals surface area contributed by atoms with Crippen molar-refractivity contribution in [3.8, 4) is 0 Å². The summed E-state index contributed by atoms with van der Waals surface area (Å²) in [5, 5.41) is 6.23. The van der Waals surface area contributed by atoms with Crippen molar-refractivity contribution in [1.29, 1.82) is 0 Å². The molecule has 2 saturated heterocycles. The van der Waals surface area contributed by atoms with Gasteiger partial charge in [0.25, 0.3) is 5.91 Å². The second-order valence-electron chi connectivity index (χ2n) is 5.25. The second kappa shape index (κ2) is 7.19. The highest BCUT2D eigenvalue weighted by molar-refractivity contribution is 5.81. The first-order valence-electron chi connectivity index (χ1n) is 7.13. The molecule has 0 saturated carbocycles. The predicted molar refractivity (Wildman–Crippen MR) is 72.1 cm³/mol. The van der Waals surface area contributed by atoms with Gasteiger partial charge in [0.2, 0.25) is 0 Å². The first-order valence-corrected chi connectivity index (χ1v) is 7.13. The fourth-order valence-corrected chi connectivity index (χ4v) is 2.47. The van der Waals surface area contributed by atoms with Gasteiger partial charge in [0.1, 0.15) is 6.10 Å². The smallest absolute Gasteiger partial charge is 0.250 e. The normalized spacial score (nSPS) is 28.6. The Hall–Kier alpha value is -0.690. The summed E-state index contributed by atoms with van der Waals surface area (Å²) in [6.45, 7) is 9.65. The number of hydrogen-bond acceptors (Lipinski definition) is 5. The predicted octanol–water partition coefficient (Wildman–Crippen LogP) is -0.800. The van der Waals surface area contributed by atoms with Crippen LogP contribution in [0.4, 0.5) is 0 Å². The summed E-state index contributed by atoms with van der Waals surface area (Å²) >= 11 is 0. The van der Waals surface area contributed by atoms with Crippen molar-refractivity contribution in [1.82, 2.24) is 15.5 Å². The third-order valence-electron chi connectivity index (χ3n) is 3.94. The molecule has 0 spiro atoms. The number of rotatable bonds is 4. The van der Waals surface area contributed by atoms with E-state index in [9.17, 15) is 4.79 Å². The van der Waals surface area contributed by atoms with E-state index in [4.69, 9.17) is 9.47 Å². The summed E-state index contributed by atoms with van der Waals surface area (Å²) in [5.41, 5.74) is 0. The molecule has 110 valence electrons. The maximum Gasteiger partial charge on any atom is 0.250 e. The summed E-state index contributed by atoms with van der Waals surface area (Å²) in [7, 11) is 0. The average Bonchev–Trinajstić information content (AvgIpc) is 2.48. The maximum atomic E-state index is 12.1. The van der Waals surface area contributed by atoms with Crippen molar-refractivity contribution in [2.45, 2.75) is 32.0 Å². The first-order chi connectivity index (χ1) is 9.18. The molecule has 6 nitrogen and oxygen atoms in total. The zero-order valence-electron chi connectivity index (χ0n) is 11.9. The van der Waals surface area contributed by atoms with E-state index in [1.165, 1.54) is 0 Å². The van der Waals surface area contributed by atoms with Crippen molar-refractivity contribution in [3.05, 3.63) is 0 Å². The molecule has 2 N–H and O–H groups in total. The van der Waals surface area contributed by atoms with Crippen LogP contribution in [-0.4, -0.2) is 75.0 Å². The summed E-state index contributed by atoms with van der Waals surface area (Å²) < 4.78 is 10.8. The molecule has 2 aliphatic heterocycles. The quantitative estimate of drug-likeness (QED) is 0.701. The van der Waals surface area contributed by atoms with Gasteiger partial charge in [-0.25, -0.2) is 0 Å². The van der Waals surface area contributed by atoms with Gasteiger partial charge < -0.3 is 20.1 Å². The van der Waals surface area contributed by atoms with Gasteiger partial charge >= 0.3 is 0 Å². The number of amides is 1. The molecular weight excluding hydrogens is 246 g/mol. The third-order valence-corrected chi connectivity index (χ3v) is 3.94. The van der Waals surface area contributed by atoms with Crippen LogP contribution in [0.15, 0.2) is 0 Å². The zero-order valence-corrected chi connectivity index (χ0v) is 11.9. The van der Waals surface area contributed by atoms with Crippen molar-refractivity contribution < 1.29 is 14.3 Å². The van der Waals surface area contributed by atoms with Crippen molar-refractivity contribution in [3.63, 3.8) is 0 Å². The Morgan fingerprint density at radius 2 is 2.05 bits per heavy atom. The van der Waals surface area contributed by atoms with Gasteiger partial charge in [-0.05, 0) is 13.8 Å². The molecule has 3 unspecified atom stereocenters. The molecule has 6 heteroatoms. The van der Waals surface area contributed by atoms with Crippen LogP contribution in [-0.2, 0) is 14.3 Å². The molecule has 0 bridgehead atoms. The molecule has 0 aromatic rings. The van der Waals surface area contributed by atoms with E-state index in [-0.39, 0.29) is 18.1 Å². The summed E-state index contributed by atoms with van der Waals surface area (Å²) in [6.07, 6.45) is -0.354. The molecule has 0 aromatic heterocycles. The Labute approximate surface area is 114 Å². The lowest BCUT2D eigenvalue weighted by atomic mass is 10.1. The van der Waals surface area contributed by atoms with Gasteiger partial charge in [-0.1, -0.05) is 0 Å². The number of nitrogens with one attached hydrogen (secondary N) is 2. The van der Waals surface area contributed by atoms with Gasteiger partial charge in [0.15, 0.2) is 0 Å². The molecule has 2 fully saturated rings. The van der Waals surface area contributed by atoms with Gasteiger partial charge in [-0.3, -0.25) is 9.69 Å². The molecule has 3 atom stereocenters. The van der Waals surface area contributed by atoms with E-state index in [1.54, 1.807) is 0 Å². The highest BCUT2D eigenvalue weighted by Gasteiger charge is 2.27. The first kappa shape index (κ1) is 14.7. The zero-order chi connectivity index (χ0) is 13.7. The topological polar surface area (TPSA) is 62.8 Å². The Bertz CT molecular complexity index is 289. The van der Waals surface area contributed by atoms with E-state index in [0.29, 0.717) is 19.2 Å². The van der Waals surface area contributed by atoms with E-state index < -0.39 is 0 Å². The summed E-state index contributed by atoms with van der Waals surface area (Å²) in [4.78, 5) is 14.4. The Balaban J connectivity index is 1.78. The Morgan fingerprint density at radius 3 is 2.68 bits per heavy atom. The van der Waals surface area contributed by atoms with Crippen LogP contribution in [0.25, 0.3) is 0 Å². The lowest BCUT2D eigenvalue weighted by Gasteiger charge is -2.36. The van der Waals surface area contributed by atoms with E-state index in [1.807, 2.05) is 6.92 Å². The number of nitrogens with zero attached hydrogens (tertiary/aromatic N) is 1. The fraction of sp³-hybridized carbons (Fsp3) is 0.923. The van der Waals surface area contributed by atoms with E-state index >= 15 is 0 Å². The molecule has 0 radical (unpaired) electrons. The van der Waals surface area contributed by atoms with Crippen molar-refractivity contribution in [2.75, 3.05) is 46.0 Å². The molecule has 2 aliphatic rings. The fourth-order valence-electron chi connectivity index (χ4n) is 2.47.